The number of alkyl halides is 3. The molecule has 0 N–H and O–H groups in total. The number of hydrogen-bond acceptors (Lipinski definition) is 5. The molecule has 0 aromatic rings. The van der Waals surface area contributed by atoms with E-state index in [1.807, 2.05) is 0 Å². The van der Waals surface area contributed by atoms with Gasteiger partial charge in [0, 0.05) is 13.0 Å². The SMILES string of the molecule is COCO[C@@H]1CC[C@@]2(C)[C@@H](CC[C@@H]3[C@@H]2CC[C@@]24CCC=C(OS(=O)(=O)C(F)(F)F)[C@H]2CC[C@@H]34)C1. The van der Waals surface area contributed by atoms with E-state index in [9.17, 15) is 21.6 Å². The van der Waals surface area contributed by atoms with E-state index in [1.54, 1.807) is 13.2 Å². The Kier molecular flexibility index (Phi) is 6.33. The van der Waals surface area contributed by atoms with Gasteiger partial charge in [-0.1, -0.05) is 6.92 Å². The summed E-state index contributed by atoms with van der Waals surface area (Å²) in [6.07, 6.45) is 12.7. The van der Waals surface area contributed by atoms with Crippen molar-refractivity contribution in [3.05, 3.63) is 11.8 Å². The molecule has 0 aromatic heterocycles. The van der Waals surface area contributed by atoms with Crippen LogP contribution in [0.15, 0.2) is 11.8 Å². The zero-order valence-electron chi connectivity index (χ0n) is 20.1. The van der Waals surface area contributed by atoms with Crippen molar-refractivity contribution in [2.24, 2.45) is 40.4 Å². The molecule has 8 atom stereocenters. The van der Waals surface area contributed by atoms with Crippen LogP contribution in [-0.4, -0.2) is 33.9 Å². The molecule has 9 heteroatoms. The molecule has 5 aliphatic rings. The van der Waals surface area contributed by atoms with Crippen molar-refractivity contribution < 1.29 is 35.2 Å². The molecule has 0 bridgehead atoms. The first-order valence-electron chi connectivity index (χ1n) is 12.8. The highest BCUT2D eigenvalue weighted by atomic mass is 32.2. The number of methoxy groups -OCH3 is 1. The van der Waals surface area contributed by atoms with E-state index in [0.29, 0.717) is 36.9 Å². The molecule has 0 saturated heterocycles. The fraction of sp³-hybridized carbons (Fsp3) is 0.920. The molecule has 0 amide bonds. The van der Waals surface area contributed by atoms with E-state index in [-0.39, 0.29) is 28.6 Å². The molecule has 4 saturated carbocycles. The van der Waals surface area contributed by atoms with E-state index in [4.69, 9.17) is 13.7 Å². The van der Waals surface area contributed by atoms with E-state index in [2.05, 4.69) is 6.92 Å². The fourth-order valence-electron chi connectivity index (χ4n) is 9.15. The van der Waals surface area contributed by atoms with Crippen LogP contribution in [0.25, 0.3) is 0 Å². The van der Waals surface area contributed by atoms with Gasteiger partial charge in [-0.3, -0.25) is 0 Å². The quantitative estimate of drug-likeness (QED) is 0.254. The van der Waals surface area contributed by atoms with Crippen molar-refractivity contribution in [2.75, 3.05) is 13.9 Å². The van der Waals surface area contributed by atoms with Crippen molar-refractivity contribution in [2.45, 2.75) is 89.2 Å². The van der Waals surface area contributed by atoms with E-state index < -0.39 is 15.6 Å². The number of fused-ring (bicyclic) bond motifs is 4. The molecule has 0 aliphatic heterocycles. The van der Waals surface area contributed by atoms with Crippen LogP contribution in [0, 0.1) is 40.4 Å². The van der Waals surface area contributed by atoms with Crippen LogP contribution in [0.4, 0.5) is 13.2 Å². The van der Waals surface area contributed by atoms with Crippen LogP contribution >= 0.6 is 0 Å². The molecule has 5 rings (SSSR count). The number of allylic oxidation sites excluding steroid dienone is 2. The highest BCUT2D eigenvalue weighted by molar-refractivity contribution is 7.87. The predicted molar refractivity (Wildman–Crippen MR) is 120 cm³/mol. The van der Waals surface area contributed by atoms with Crippen LogP contribution in [0.3, 0.4) is 0 Å². The summed E-state index contributed by atoms with van der Waals surface area (Å²) in [6, 6.07) is 0. The Labute approximate surface area is 200 Å². The van der Waals surface area contributed by atoms with Gasteiger partial charge in [-0.15, -0.1) is 0 Å². The molecule has 5 aliphatic carbocycles. The molecule has 0 heterocycles. The van der Waals surface area contributed by atoms with Gasteiger partial charge in [0.05, 0.1) is 6.10 Å². The lowest BCUT2D eigenvalue weighted by atomic mass is 9.43. The molecule has 34 heavy (non-hydrogen) atoms. The molecular formula is C25H37F3O5S. The zero-order chi connectivity index (χ0) is 24.4. The monoisotopic (exact) mass is 506 g/mol. The van der Waals surface area contributed by atoms with Crippen molar-refractivity contribution in [3.63, 3.8) is 0 Å². The summed E-state index contributed by atoms with van der Waals surface area (Å²) >= 11 is 0. The summed E-state index contributed by atoms with van der Waals surface area (Å²) in [7, 11) is -3.97. The number of hydrogen-bond donors (Lipinski definition) is 0. The van der Waals surface area contributed by atoms with Crippen molar-refractivity contribution >= 4 is 10.1 Å². The van der Waals surface area contributed by atoms with Gasteiger partial charge in [0.25, 0.3) is 0 Å². The Hall–Kier alpha value is -0.800. The average molecular weight is 507 g/mol. The zero-order valence-corrected chi connectivity index (χ0v) is 20.9. The smallest absolute Gasteiger partial charge is 0.381 e. The molecule has 5 nitrogen and oxygen atoms in total. The first-order chi connectivity index (χ1) is 16.0. The molecule has 0 radical (unpaired) electrons. The Bertz CT molecular complexity index is 918. The molecule has 0 aromatic carbocycles. The average Bonchev–Trinajstić information content (AvgIpc) is 3.17. The maximum Gasteiger partial charge on any atom is 0.534 e. The normalized spacial score (nSPS) is 44.3. The Morgan fingerprint density at radius 2 is 1.82 bits per heavy atom. The van der Waals surface area contributed by atoms with Crippen molar-refractivity contribution in [1.82, 2.24) is 0 Å². The Morgan fingerprint density at radius 3 is 2.56 bits per heavy atom. The number of rotatable bonds is 5. The third-order valence-corrected chi connectivity index (χ3v) is 11.5. The van der Waals surface area contributed by atoms with Crippen molar-refractivity contribution in [3.8, 4) is 0 Å². The van der Waals surface area contributed by atoms with Gasteiger partial charge >= 0.3 is 15.6 Å². The van der Waals surface area contributed by atoms with Crippen LogP contribution in [0.2, 0.25) is 0 Å². The van der Waals surface area contributed by atoms with Gasteiger partial charge in [-0.2, -0.15) is 21.6 Å². The summed E-state index contributed by atoms with van der Waals surface area (Å²) in [6.45, 7) is 2.81. The van der Waals surface area contributed by atoms with E-state index in [1.165, 1.54) is 6.42 Å². The topological polar surface area (TPSA) is 61.8 Å². The highest BCUT2D eigenvalue weighted by Crippen LogP contribution is 2.70. The Morgan fingerprint density at radius 1 is 1.03 bits per heavy atom. The van der Waals surface area contributed by atoms with Gasteiger partial charge in [0.2, 0.25) is 0 Å². The maximum atomic E-state index is 13.0. The van der Waals surface area contributed by atoms with Crippen molar-refractivity contribution in [1.29, 1.82) is 0 Å². The number of halogens is 3. The molecular weight excluding hydrogens is 469 g/mol. The first-order valence-corrected chi connectivity index (χ1v) is 14.2. The van der Waals surface area contributed by atoms with Crippen LogP contribution in [0.1, 0.15) is 77.6 Å². The molecule has 194 valence electrons. The summed E-state index contributed by atoms with van der Waals surface area (Å²) in [5.41, 5.74) is -5.24. The standard InChI is InChI=1S/C25H37F3O5S/c1-23-12-9-17(32-15-31-2)14-16(23)5-6-18-19(23)10-13-24-11-3-4-22(21(24)8-7-20(18)24)33-34(29,30)25(26,27)28/h4,16-21H,3,5-15H2,1-2H3/t16-,17+,18+,19-,20-,21+,23-,24+/m0/s1. The van der Waals surface area contributed by atoms with Gasteiger partial charge in [0.15, 0.2) is 0 Å². The third kappa shape index (κ3) is 3.83. The predicted octanol–water partition coefficient (Wildman–Crippen LogP) is 6.16. The van der Waals surface area contributed by atoms with Gasteiger partial charge in [-0.25, -0.2) is 0 Å². The fourth-order valence-corrected chi connectivity index (χ4v) is 9.68. The molecule has 4 fully saturated rings. The lowest BCUT2D eigenvalue weighted by Crippen LogP contribution is -2.55. The lowest BCUT2D eigenvalue weighted by Gasteiger charge is -2.62. The van der Waals surface area contributed by atoms with Crippen LogP contribution < -0.4 is 0 Å². The van der Waals surface area contributed by atoms with E-state index in [0.717, 1.165) is 57.8 Å². The maximum absolute atomic E-state index is 13.0. The first kappa shape index (κ1) is 24.9. The van der Waals surface area contributed by atoms with Gasteiger partial charge in [0.1, 0.15) is 12.6 Å². The lowest BCUT2D eigenvalue weighted by molar-refractivity contribution is -0.155. The largest absolute Gasteiger partial charge is 0.534 e. The highest BCUT2D eigenvalue weighted by Gasteiger charge is 2.63. The Balaban J connectivity index is 1.34. The number of ether oxygens (including phenoxy) is 2. The second-order valence-corrected chi connectivity index (χ2v) is 13.2. The van der Waals surface area contributed by atoms with Crippen LogP contribution in [-0.2, 0) is 23.8 Å². The van der Waals surface area contributed by atoms with Gasteiger partial charge in [-0.05, 0) is 111 Å². The summed E-state index contributed by atoms with van der Waals surface area (Å²) in [4.78, 5) is 0. The van der Waals surface area contributed by atoms with E-state index >= 15 is 0 Å². The minimum atomic E-state index is -5.63. The van der Waals surface area contributed by atoms with Gasteiger partial charge < -0.3 is 13.7 Å². The minimum Gasteiger partial charge on any atom is -0.381 e. The summed E-state index contributed by atoms with van der Waals surface area (Å²) in [5.74, 6) is 2.11. The summed E-state index contributed by atoms with van der Waals surface area (Å²) < 4.78 is 78.4. The third-order valence-electron chi connectivity index (χ3n) is 10.5. The second-order valence-electron chi connectivity index (χ2n) is 11.7. The molecule has 0 unspecified atom stereocenters. The van der Waals surface area contributed by atoms with Crippen LogP contribution in [0.5, 0.6) is 0 Å². The second kappa shape index (κ2) is 8.65. The summed E-state index contributed by atoms with van der Waals surface area (Å²) in [5, 5.41) is 0. The molecule has 1 spiro atoms. The minimum absolute atomic E-state index is 0.0558.